The van der Waals surface area contributed by atoms with Crippen molar-refractivity contribution in [2.24, 2.45) is 5.92 Å². The fourth-order valence-corrected chi connectivity index (χ4v) is 4.30. The molecule has 0 aliphatic heterocycles. The summed E-state index contributed by atoms with van der Waals surface area (Å²) in [5.41, 5.74) is 4.55. The summed E-state index contributed by atoms with van der Waals surface area (Å²) in [4.78, 5) is 38.3. The molecular formula is C27H35N3O5. The van der Waals surface area contributed by atoms with Crippen molar-refractivity contribution < 1.29 is 24.2 Å². The summed E-state index contributed by atoms with van der Waals surface area (Å²) < 4.78 is 5.60. The van der Waals surface area contributed by atoms with E-state index in [1.54, 1.807) is 6.92 Å². The lowest BCUT2D eigenvalue weighted by Gasteiger charge is -2.21. The average molecular weight is 482 g/mol. The molecule has 8 nitrogen and oxygen atoms in total. The van der Waals surface area contributed by atoms with Crippen molar-refractivity contribution in [2.45, 2.75) is 38.1 Å². The standard InChI is InChI=1S/C27H35N3O5/c1-18(26(32)33)9-8-15-28-25(31)24(14-16-30(2)3)29-27(34)35-17-23-21-12-6-4-10-19(21)20-11-5-7-13-22(20)23/h4-7,10-13,18,23-24H,8-9,14-17H2,1-3H3,(H,28,31)(H,29,34)(H,32,33). The molecule has 0 saturated heterocycles. The number of alkyl carbamates (subject to hydrolysis) is 1. The highest BCUT2D eigenvalue weighted by atomic mass is 16.5. The molecule has 2 unspecified atom stereocenters. The van der Waals surface area contributed by atoms with E-state index in [-0.39, 0.29) is 18.4 Å². The highest BCUT2D eigenvalue weighted by Crippen LogP contribution is 2.44. The van der Waals surface area contributed by atoms with E-state index in [4.69, 9.17) is 9.84 Å². The maximum Gasteiger partial charge on any atom is 0.407 e. The molecule has 0 spiro atoms. The highest BCUT2D eigenvalue weighted by molar-refractivity contribution is 5.85. The molecule has 0 radical (unpaired) electrons. The van der Waals surface area contributed by atoms with Gasteiger partial charge >= 0.3 is 12.1 Å². The van der Waals surface area contributed by atoms with E-state index in [0.717, 1.165) is 22.3 Å². The van der Waals surface area contributed by atoms with Crippen molar-refractivity contribution in [3.05, 3.63) is 59.7 Å². The maximum absolute atomic E-state index is 12.7. The third kappa shape index (κ3) is 7.05. The van der Waals surface area contributed by atoms with Gasteiger partial charge in [0.1, 0.15) is 12.6 Å². The summed E-state index contributed by atoms with van der Waals surface area (Å²) in [6, 6.07) is 15.5. The monoisotopic (exact) mass is 481 g/mol. The Balaban J connectivity index is 1.56. The Labute approximate surface area is 206 Å². The first kappa shape index (κ1) is 26.2. The minimum Gasteiger partial charge on any atom is -0.481 e. The van der Waals surface area contributed by atoms with Crippen LogP contribution in [-0.4, -0.2) is 67.8 Å². The molecule has 2 aromatic rings. The molecular weight excluding hydrogens is 446 g/mol. The van der Waals surface area contributed by atoms with Crippen LogP contribution < -0.4 is 10.6 Å². The summed E-state index contributed by atoms with van der Waals surface area (Å²) in [7, 11) is 3.80. The summed E-state index contributed by atoms with van der Waals surface area (Å²) in [5, 5.41) is 14.5. The molecule has 35 heavy (non-hydrogen) atoms. The van der Waals surface area contributed by atoms with Gasteiger partial charge in [0.05, 0.1) is 5.92 Å². The quantitative estimate of drug-likeness (QED) is 0.401. The third-order valence-corrected chi connectivity index (χ3v) is 6.35. The second kappa shape index (κ2) is 12.4. The number of ether oxygens (including phenoxy) is 1. The molecule has 0 aromatic heterocycles. The highest BCUT2D eigenvalue weighted by Gasteiger charge is 2.29. The summed E-state index contributed by atoms with van der Waals surface area (Å²) >= 11 is 0. The first-order valence-electron chi connectivity index (χ1n) is 12.0. The topological polar surface area (TPSA) is 108 Å². The van der Waals surface area contributed by atoms with Crippen LogP contribution in [0.3, 0.4) is 0 Å². The number of hydrogen-bond acceptors (Lipinski definition) is 5. The zero-order valence-electron chi connectivity index (χ0n) is 20.6. The fourth-order valence-electron chi connectivity index (χ4n) is 4.30. The molecule has 2 atom stereocenters. The lowest BCUT2D eigenvalue weighted by atomic mass is 9.98. The number of nitrogens with zero attached hydrogens (tertiary/aromatic N) is 1. The molecule has 2 amide bonds. The van der Waals surface area contributed by atoms with Crippen LogP contribution in [0.25, 0.3) is 11.1 Å². The lowest BCUT2D eigenvalue weighted by Crippen LogP contribution is -2.48. The number of aliphatic carboxylic acids is 1. The first-order valence-corrected chi connectivity index (χ1v) is 12.0. The Morgan fingerprint density at radius 1 is 1.00 bits per heavy atom. The number of amides is 2. The van der Waals surface area contributed by atoms with Crippen LogP contribution in [0, 0.1) is 5.92 Å². The second-order valence-corrected chi connectivity index (χ2v) is 9.29. The van der Waals surface area contributed by atoms with Crippen molar-refractivity contribution in [2.75, 3.05) is 33.8 Å². The van der Waals surface area contributed by atoms with Crippen LogP contribution in [0.2, 0.25) is 0 Å². The number of hydrogen-bond donors (Lipinski definition) is 3. The van der Waals surface area contributed by atoms with Gasteiger partial charge in [0.25, 0.3) is 0 Å². The zero-order chi connectivity index (χ0) is 25.4. The van der Waals surface area contributed by atoms with Gasteiger partial charge in [-0.15, -0.1) is 0 Å². The van der Waals surface area contributed by atoms with Gasteiger partial charge in [-0.2, -0.15) is 0 Å². The SMILES string of the molecule is CC(CCCNC(=O)C(CCN(C)C)NC(=O)OCC1c2ccccc2-c2ccccc21)C(=O)O. The van der Waals surface area contributed by atoms with Crippen molar-refractivity contribution in [1.82, 2.24) is 15.5 Å². The molecule has 3 rings (SSSR count). The predicted octanol–water partition coefficient (Wildman–Crippen LogP) is 3.46. The Bertz CT molecular complexity index is 993. The van der Waals surface area contributed by atoms with Crippen LogP contribution in [-0.2, 0) is 14.3 Å². The molecule has 0 bridgehead atoms. The van der Waals surface area contributed by atoms with Crippen molar-refractivity contribution in [1.29, 1.82) is 0 Å². The fraction of sp³-hybridized carbons (Fsp3) is 0.444. The predicted molar refractivity (Wildman–Crippen MR) is 134 cm³/mol. The Hall–Kier alpha value is -3.39. The number of carbonyl (C=O) groups excluding carboxylic acids is 2. The van der Waals surface area contributed by atoms with Crippen molar-refractivity contribution in [3.63, 3.8) is 0 Å². The number of carbonyl (C=O) groups is 3. The van der Waals surface area contributed by atoms with Gasteiger partial charge in [0, 0.05) is 12.5 Å². The number of benzene rings is 2. The minimum absolute atomic E-state index is 0.0570. The molecule has 2 aromatic carbocycles. The molecule has 8 heteroatoms. The van der Waals surface area contributed by atoms with Gasteiger partial charge in [-0.05, 0) is 62.2 Å². The van der Waals surface area contributed by atoms with Gasteiger partial charge in [-0.3, -0.25) is 9.59 Å². The first-order chi connectivity index (χ1) is 16.8. The number of fused-ring (bicyclic) bond motifs is 3. The minimum atomic E-state index is -0.850. The number of carboxylic acid groups (broad SMARTS) is 1. The summed E-state index contributed by atoms with van der Waals surface area (Å²) in [5.74, 6) is -1.67. The van der Waals surface area contributed by atoms with Crippen LogP contribution in [0.5, 0.6) is 0 Å². The lowest BCUT2D eigenvalue weighted by molar-refractivity contribution is -0.141. The van der Waals surface area contributed by atoms with Crippen LogP contribution in [0.15, 0.2) is 48.5 Å². The van der Waals surface area contributed by atoms with E-state index in [1.807, 2.05) is 43.3 Å². The molecule has 1 aliphatic rings. The smallest absolute Gasteiger partial charge is 0.407 e. The third-order valence-electron chi connectivity index (χ3n) is 6.35. The zero-order valence-corrected chi connectivity index (χ0v) is 20.6. The second-order valence-electron chi connectivity index (χ2n) is 9.29. The molecule has 0 fully saturated rings. The largest absolute Gasteiger partial charge is 0.481 e. The Morgan fingerprint density at radius 2 is 1.60 bits per heavy atom. The van der Waals surface area contributed by atoms with E-state index >= 15 is 0 Å². The number of carboxylic acids is 1. The molecule has 1 aliphatic carbocycles. The number of rotatable bonds is 12. The van der Waals surface area contributed by atoms with Crippen LogP contribution >= 0.6 is 0 Å². The average Bonchev–Trinajstić information content (AvgIpc) is 3.16. The normalized spacial score (nSPS) is 14.1. The number of nitrogens with one attached hydrogen (secondary N) is 2. The van der Waals surface area contributed by atoms with E-state index < -0.39 is 24.0 Å². The molecule has 188 valence electrons. The van der Waals surface area contributed by atoms with Crippen molar-refractivity contribution in [3.8, 4) is 11.1 Å². The molecule has 0 saturated carbocycles. The van der Waals surface area contributed by atoms with Gasteiger partial charge in [-0.1, -0.05) is 55.5 Å². The van der Waals surface area contributed by atoms with E-state index in [1.165, 1.54) is 0 Å². The van der Waals surface area contributed by atoms with Gasteiger partial charge in [0.15, 0.2) is 0 Å². The van der Waals surface area contributed by atoms with Crippen LogP contribution in [0.1, 0.15) is 43.2 Å². The van der Waals surface area contributed by atoms with E-state index in [9.17, 15) is 14.4 Å². The Kier molecular flexibility index (Phi) is 9.25. The maximum atomic E-state index is 12.7. The summed E-state index contributed by atoms with van der Waals surface area (Å²) in [6.07, 6.45) is 0.807. The molecule has 0 heterocycles. The summed E-state index contributed by atoms with van der Waals surface area (Å²) in [6.45, 7) is 2.77. The van der Waals surface area contributed by atoms with Gasteiger partial charge < -0.3 is 25.4 Å². The van der Waals surface area contributed by atoms with Gasteiger partial charge in [0.2, 0.25) is 5.91 Å². The molecule has 3 N–H and O–H groups in total. The van der Waals surface area contributed by atoms with Crippen molar-refractivity contribution >= 4 is 18.0 Å². The van der Waals surface area contributed by atoms with Crippen LogP contribution in [0.4, 0.5) is 4.79 Å². The van der Waals surface area contributed by atoms with E-state index in [0.29, 0.717) is 32.4 Å². The van der Waals surface area contributed by atoms with Gasteiger partial charge in [-0.25, -0.2) is 4.79 Å². The van der Waals surface area contributed by atoms with E-state index in [2.05, 4.69) is 34.9 Å². The Morgan fingerprint density at radius 3 is 2.17 bits per heavy atom.